The molecule has 0 radical (unpaired) electrons. The highest BCUT2D eigenvalue weighted by atomic mass is 32.2. The van der Waals surface area contributed by atoms with Gasteiger partial charge in [-0.1, -0.05) is 12.1 Å². The van der Waals surface area contributed by atoms with E-state index >= 15 is 0 Å². The molecule has 4 rings (SSSR count). The highest BCUT2D eigenvalue weighted by molar-refractivity contribution is 7.91. The van der Waals surface area contributed by atoms with Crippen molar-refractivity contribution in [1.29, 1.82) is 0 Å². The lowest BCUT2D eigenvalue weighted by atomic mass is 10.0. The summed E-state index contributed by atoms with van der Waals surface area (Å²) in [6, 6.07) is 15.0. The van der Waals surface area contributed by atoms with Crippen LogP contribution in [0.4, 0.5) is 11.4 Å². The van der Waals surface area contributed by atoms with E-state index in [1.165, 1.54) is 19.2 Å². The van der Waals surface area contributed by atoms with Crippen LogP contribution in [0, 0.1) is 0 Å². The first kappa shape index (κ1) is 20.9. The number of carbonyl (C=O) groups excluding carboxylic acids is 2. The Bertz CT molecular complexity index is 1280. The number of hydrogen-bond acceptors (Lipinski definition) is 5. The monoisotopic (exact) mass is 438 g/mol. The van der Waals surface area contributed by atoms with Gasteiger partial charge in [0.15, 0.2) is 9.84 Å². The van der Waals surface area contributed by atoms with E-state index in [0.29, 0.717) is 23.5 Å². The van der Waals surface area contributed by atoms with Gasteiger partial charge in [-0.05, 0) is 49.4 Å². The summed E-state index contributed by atoms with van der Waals surface area (Å²) < 4.78 is 30.1. The quantitative estimate of drug-likeness (QED) is 0.608. The van der Waals surface area contributed by atoms with Gasteiger partial charge < -0.3 is 15.0 Å². The minimum absolute atomic E-state index is 0.0582. The molecule has 31 heavy (non-hydrogen) atoms. The van der Waals surface area contributed by atoms with E-state index < -0.39 is 15.7 Å². The van der Waals surface area contributed by atoms with Crippen LogP contribution in [0.2, 0.25) is 0 Å². The number of ether oxygens (including phenoxy) is 1. The van der Waals surface area contributed by atoms with E-state index in [9.17, 15) is 18.0 Å². The molecule has 3 aromatic rings. The number of hydrogen-bond donors (Lipinski definition) is 1. The van der Waals surface area contributed by atoms with Crippen LogP contribution in [0.15, 0.2) is 59.5 Å². The normalized spacial score (nSPS) is 13.0. The predicted molar refractivity (Wildman–Crippen MR) is 120 cm³/mol. The van der Waals surface area contributed by atoms with Gasteiger partial charge in [-0.2, -0.15) is 0 Å². The Hall–Kier alpha value is -3.39. The van der Waals surface area contributed by atoms with E-state index in [1.54, 1.807) is 35.2 Å². The van der Waals surface area contributed by atoms with E-state index in [1.807, 2.05) is 19.1 Å². The number of carbonyl (C=O) groups is 2. The number of rotatable bonds is 7. The van der Waals surface area contributed by atoms with Crippen molar-refractivity contribution in [3.05, 3.63) is 60.2 Å². The molecule has 0 spiro atoms. The van der Waals surface area contributed by atoms with Crippen LogP contribution < -0.4 is 15.0 Å². The fraction of sp³-hybridized carbons (Fsp3) is 0.217. The zero-order chi connectivity index (χ0) is 22.2. The van der Waals surface area contributed by atoms with Gasteiger partial charge in [0, 0.05) is 35.0 Å². The largest absolute Gasteiger partial charge is 0.497 e. The van der Waals surface area contributed by atoms with Gasteiger partial charge in [0.2, 0.25) is 5.91 Å². The maximum absolute atomic E-state index is 12.6. The topological polar surface area (TPSA) is 92.8 Å². The van der Waals surface area contributed by atoms with Crippen molar-refractivity contribution in [1.82, 2.24) is 0 Å². The molecular formula is C23H22N2O5S. The fourth-order valence-corrected chi connectivity index (χ4v) is 5.05. The standard InChI is InChI=1S/C23H22N2O5S/c1-3-25-20-12-11-19(17-5-4-6-18(22(17)20)23(25)27)24-21(26)13-14-31(28,29)16-9-7-15(30-2)8-10-16/h4-12H,3,13-14H2,1-2H3,(H,24,26). The van der Waals surface area contributed by atoms with Crippen LogP contribution in [0.5, 0.6) is 5.75 Å². The molecule has 3 aromatic carbocycles. The molecule has 0 aliphatic carbocycles. The fourth-order valence-electron chi connectivity index (χ4n) is 3.81. The van der Waals surface area contributed by atoms with Gasteiger partial charge >= 0.3 is 0 Å². The molecular weight excluding hydrogens is 416 g/mol. The van der Waals surface area contributed by atoms with Crippen molar-refractivity contribution in [3.8, 4) is 5.75 Å². The van der Waals surface area contributed by atoms with Crippen molar-refractivity contribution in [3.63, 3.8) is 0 Å². The smallest absolute Gasteiger partial charge is 0.258 e. The van der Waals surface area contributed by atoms with Crippen LogP contribution >= 0.6 is 0 Å². The number of amides is 2. The van der Waals surface area contributed by atoms with Crippen LogP contribution in [0.3, 0.4) is 0 Å². The molecule has 8 heteroatoms. The molecule has 1 heterocycles. The van der Waals surface area contributed by atoms with Gasteiger partial charge in [0.1, 0.15) is 5.75 Å². The SMILES string of the molecule is CCN1C(=O)c2cccc3c(NC(=O)CCS(=O)(=O)c4ccc(OC)cc4)ccc1c23. The first-order chi connectivity index (χ1) is 14.9. The summed E-state index contributed by atoms with van der Waals surface area (Å²) >= 11 is 0. The number of benzene rings is 3. The van der Waals surface area contributed by atoms with Crippen molar-refractivity contribution >= 4 is 43.8 Å². The molecule has 1 aliphatic rings. The lowest BCUT2D eigenvalue weighted by Gasteiger charge is -2.15. The first-order valence-electron chi connectivity index (χ1n) is 9.90. The third-order valence-electron chi connectivity index (χ3n) is 5.39. The zero-order valence-electron chi connectivity index (χ0n) is 17.2. The molecule has 0 saturated carbocycles. The summed E-state index contributed by atoms with van der Waals surface area (Å²) in [4.78, 5) is 27.0. The summed E-state index contributed by atoms with van der Waals surface area (Å²) in [6.07, 6.45) is -0.183. The van der Waals surface area contributed by atoms with Crippen molar-refractivity contribution < 1.29 is 22.7 Å². The molecule has 0 aromatic heterocycles. The van der Waals surface area contributed by atoms with E-state index in [4.69, 9.17) is 4.74 Å². The number of methoxy groups -OCH3 is 1. The Labute approximate surface area is 180 Å². The van der Waals surface area contributed by atoms with Crippen LogP contribution in [-0.2, 0) is 14.6 Å². The second-order valence-electron chi connectivity index (χ2n) is 7.20. The molecule has 0 saturated heterocycles. The summed E-state index contributed by atoms with van der Waals surface area (Å²) in [7, 11) is -2.10. The average Bonchev–Trinajstić information content (AvgIpc) is 3.06. The van der Waals surface area contributed by atoms with Crippen LogP contribution in [0.25, 0.3) is 10.8 Å². The van der Waals surface area contributed by atoms with Gasteiger partial charge in [0.25, 0.3) is 5.91 Å². The molecule has 2 amide bonds. The average molecular weight is 439 g/mol. The number of anilines is 2. The van der Waals surface area contributed by atoms with Crippen LogP contribution in [0.1, 0.15) is 23.7 Å². The maximum atomic E-state index is 12.6. The van der Waals surface area contributed by atoms with Crippen molar-refractivity contribution in [2.24, 2.45) is 0 Å². The van der Waals surface area contributed by atoms with Crippen molar-refractivity contribution in [2.45, 2.75) is 18.2 Å². The minimum atomic E-state index is -3.60. The lowest BCUT2D eigenvalue weighted by Crippen LogP contribution is -2.25. The molecule has 1 aliphatic heterocycles. The zero-order valence-corrected chi connectivity index (χ0v) is 18.0. The number of nitrogens with one attached hydrogen (secondary N) is 1. The molecule has 7 nitrogen and oxygen atoms in total. The Morgan fingerprint density at radius 2 is 1.81 bits per heavy atom. The van der Waals surface area contributed by atoms with Gasteiger partial charge in [-0.25, -0.2) is 8.42 Å². The lowest BCUT2D eigenvalue weighted by molar-refractivity contribution is -0.115. The van der Waals surface area contributed by atoms with Gasteiger partial charge in [-0.15, -0.1) is 0 Å². The Balaban J connectivity index is 1.52. The molecule has 0 unspecified atom stereocenters. The highest BCUT2D eigenvalue weighted by Crippen LogP contribution is 2.40. The van der Waals surface area contributed by atoms with Gasteiger partial charge in [-0.3, -0.25) is 9.59 Å². The first-order valence-corrected chi connectivity index (χ1v) is 11.5. The Morgan fingerprint density at radius 3 is 2.48 bits per heavy atom. The van der Waals surface area contributed by atoms with E-state index in [0.717, 1.165) is 16.5 Å². The molecule has 160 valence electrons. The third-order valence-corrected chi connectivity index (χ3v) is 7.12. The van der Waals surface area contributed by atoms with E-state index in [2.05, 4.69) is 5.32 Å². The van der Waals surface area contributed by atoms with Crippen LogP contribution in [-0.4, -0.2) is 39.6 Å². The molecule has 0 fully saturated rings. The number of sulfone groups is 1. The predicted octanol–water partition coefficient (Wildman–Crippen LogP) is 3.63. The van der Waals surface area contributed by atoms with E-state index in [-0.39, 0.29) is 23.0 Å². The molecule has 0 bridgehead atoms. The Kier molecular flexibility index (Phi) is 5.41. The third kappa shape index (κ3) is 3.74. The van der Waals surface area contributed by atoms with Crippen molar-refractivity contribution in [2.75, 3.05) is 29.6 Å². The summed E-state index contributed by atoms with van der Waals surface area (Å²) in [5, 5.41) is 4.36. The molecule has 1 N–H and O–H groups in total. The van der Waals surface area contributed by atoms with Gasteiger partial charge in [0.05, 0.1) is 23.4 Å². The second kappa shape index (κ2) is 8.03. The summed E-state index contributed by atoms with van der Waals surface area (Å²) in [5.41, 5.74) is 1.98. The number of nitrogens with zero attached hydrogens (tertiary/aromatic N) is 1. The maximum Gasteiger partial charge on any atom is 0.258 e. The summed E-state index contributed by atoms with van der Waals surface area (Å²) in [5.74, 6) is -0.218. The highest BCUT2D eigenvalue weighted by Gasteiger charge is 2.29. The summed E-state index contributed by atoms with van der Waals surface area (Å²) in [6.45, 7) is 2.46. The molecule has 0 atom stereocenters. The Morgan fingerprint density at radius 1 is 1.06 bits per heavy atom. The second-order valence-corrected chi connectivity index (χ2v) is 9.31. The minimum Gasteiger partial charge on any atom is -0.497 e.